The third-order valence-corrected chi connectivity index (χ3v) is 4.86. The van der Waals surface area contributed by atoms with E-state index in [0.29, 0.717) is 6.04 Å². The zero-order chi connectivity index (χ0) is 13.6. The molecule has 1 aliphatic carbocycles. The van der Waals surface area contributed by atoms with Gasteiger partial charge in [0.1, 0.15) is 11.5 Å². The number of aromatic nitrogens is 2. The second-order valence-corrected chi connectivity index (χ2v) is 5.83. The number of nitrogens with one attached hydrogen (secondary N) is 2. The highest BCUT2D eigenvalue weighted by atomic mass is 16.2. The number of rotatable bonds is 2. The van der Waals surface area contributed by atoms with E-state index in [2.05, 4.69) is 15.6 Å². The Balaban J connectivity index is 1.64. The molecule has 2 aliphatic rings. The van der Waals surface area contributed by atoms with Crippen LogP contribution in [0.1, 0.15) is 25.7 Å². The second kappa shape index (κ2) is 4.31. The van der Waals surface area contributed by atoms with E-state index in [1.165, 1.54) is 0 Å². The maximum Gasteiger partial charge on any atom is 0.233 e. The predicted octanol–water partition coefficient (Wildman–Crippen LogP) is 1.80. The summed E-state index contributed by atoms with van der Waals surface area (Å²) in [6.45, 7) is 0.950. The van der Waals surface area contributed by atoms with E-state index in [1.807, 2.05) is 28.8 Å². The molecule has 0 aromatic carbocycles. The third kappa shape index (κ3) is 1.59. The van der Waals surface area contributed by atoms with Crippen molar-refractivity contribution in [1.82, 2.24) is 14.7 Å². The fraction of sp³-hybridized carbons (Fsp3) is 0.467. The first-order valence-electron chi connectivity index (χ1n) is 7.26. The van der Waals surface area contributed by atoms with Crippen LogP contribution in [0, 0.1) is 5.41 Å². The highest BCUT2D eigenvalue weighted by Crippen LogP contribution is 2.45. The first kappa shape index (κ1) is 11.9. The quantitative estimate of drug-likeness (QED) is 0.875. The first-order valence-corrected chi connectivity index (χ1v) is 7.26. The molecule has 1 saturated heterocycles. The predicted molar refractivity (Wildman–Crippen MR) is 76.5 cm³/mol. The van der Waals surface area contributed by atoms with E-state index in [-0.39, 0.29) is 11.3 Å². The van der Waals surface area contributed by atoms with Crippen LogP contribution in [0.25, 0.3) is 5.65 Å². The monoisotopic (exact) mass is 270 g/mol. The summed E-state index contributed by atoms with van der Waals surface area (Å²) in [5, 5.41) is 6.56. The molecule has 0 spiro atoms. The van der Waals surface area contributed by atoms with E-state index in [1.54, 1.807) is 6.20 Å². The number of hydrogen-bond acceptors (Lipinski definition) is 3. The minimum absolute atomic E-state index is 0.149. The molecular formula is C15H18N4O. The standard InChI is InChI=1S/C15H18N4O/c20-14(15-6-3-4-11(15)16-8-7-15)18-13-10-17-12-5-1-2-9-19(12)13/h1-2,5,9-11,16H,3-4,6-8H2,(H,18,20)/t11-,15+/m1/s1. The number of anilines is 1. The topological polar surface area (TPSA) is 58.4 Å². The van der Waals surface area contributed by atoms with Crippen molar-refractivity contribution >= 4 is 17.4 Å². The molecule has 2 atom stereocenters. The van der Waals surface area contributed by atoms with Gasteiger partial charge in [0.15, 0.2) is 0 Å². The summed E-state index contributed by atoms with van der Waals surface area (Å²) in [7, 11) is 0. The molecule has 20 heavy (non-hydrogen) atoms. The summed E-state index contributed by atoms with van der Waals surface area (Å²) in [6, 6.07) is 6.17. The Morgan fingerprint density at radius 3 is 3.35 bits per heavy atom. The Bertz CT molecular complexity index is 653. The van der Waals surface area contributed by atoms with Crippen LogP contribution in [0.15, 0.2) is 30.6 Å². The maximum atomic E-state index is 12.8. The number of pyridine rings is 1. The van der Waals surface area contributed by atoms with Crippen molar-refractivity contribution < 1.29 is 4.79 Å². The summed E-state index contributed by atoms with van der Waals surface area (Å²) in [5.41, 5.74) is 0.645. The molecule has 1 amide bonds. The molecule has 2 aromatic rings. The Kier molecular flexibility index (Phi) is 2.57. The highest BCUT2D eigenvalue weighted by molar-refractivity contribution is 5.96. The number of fused-ring (bicyclic) bond motifs is 2. The van der Waals surface area contributed by atoms with Crippen LogP contribution in [0.3, 0.4) is 0 Å². The lowest BCUT2D eigenvalue weighted by atomic mass is 9.81. The molecule has 3 heterocycles. The smallest absolute Gasteiger partial charge is 0.233 e. The van der Waals surface area contributed by atoms with Gasteiger partial charge < -0.3 is 10.6 Å². The molecule has 4 rings (SSSR count). The number of nitrogens with zero attached hydrogens (tertiary/aromatic N) is 2. The van der Waals surface area contributed by atoms with Gasteiger partial charge in [-0.15, -0.1) is 0 Å². The SMILES string of the molecule is O=C(Nc1cnc2ccccn12)[C@]12CCC[C@H]1NCC2. The van der Waals surface area contributed by atoms with Crippen molar-refractivity contribution in [2.24, 2.45) is 5.41 Å². The molecule has 5 heteroatoms. The fourth-order valence-corrected chi connectivity index (χ4v) is 3.79. The van der Waals surface area contributed by atoms with Crippen molar-refractivity contribution in [1.29, 1.82) is 0 Å². The zero-order valence-corrected chi connectivity index (χ0v) is 11.3. The summed E-state index contributed by atoms with van der Waals surface area (Å²) >= 11 is 0. The van der Waals surface area contributed by atoms with Crippen LogP contribution in [0.2, 0.25) is 0 Å². The lowest BCUT2D eigenvalue weighted by Gasteiger charge is -2.27. The first-order chi connectivity index (χ1) is 9.79. The van der Waals surface area contributed by atoms with Gasteiger partial charge in [0.2, 0.25) is 5.91 Å². The van der Waals surface area contributed by atoms with Crippen LogP contribution in [0.5, 0.6) is 0 Å². The Hall–Kier alpha value is -1.88. The largest absolute Gasteiger partial charge is 0.313 e. The summed E-state index contributed by atoms with van der Waals surface area (Å²) < 4.78 is 1.92. The molecule has 0 radical (unpaired) electrons. The molecule has 104 valence electrons. The Morgan fingerprint density at radius 2 is 2.40 bits per heavy atom. The number of amides is 1. The summed E-state index contributed by atoms with van der Waals surface area (Å²) in [5.74, 6) is 0.910. The molecule has 2 fully saturated rings. The normalized spacial score (nSPS) is 28.7. The minimum atomic E-state index is -0.209. The summed E-state index contributed by atoms with van der Waals surface area (Å²) in [6.07, 6.45) is 7.84. The lowest BCUT2D eigenvalue weighted by molar-refractivity contribution is -0.125. The van der Waals surface area contributed by atoms with E-state index >= 15 is 0 Å². The highest BCUT2D eigenvalue weighted by Gasteiger charge is 2.51. The van der Waals surface area contributed by atoms with Crippen LogP contribution >= 0.6 is 0 Å². The van der Waals surface area contributed by atoms with Crippen LogP contribution in [-0.2, 0) is 4.79 Å². The van der Waals surface area contributed by atoms with Crippen molar-refractivity contribution in [3.63, 3.8) is 0 Å². The van der Waals surface area contributed by atoms with Gasteiger partial charge in [0, 0.05) is 12.2 Å². The molecule has 1 aliphatic heterocycles. The average molecular weight is 270 g/mol. The van der Waals surface area contributed by atoms with Gasteiger partial charge in [-0.3, -0.25) is 9.20 Å². The van der Waals surface area contributed by atoms with Crippen molar-refractivity contribution in [2.75, 3.05) is 11.9 Å². The van der Waals surface area contributed by atoms with E-state index < -0.39 is 0 Å². The minimum Gasteiger partial charge on any atom is -0.313 e. The zero-order valence-electron chi connectivity index (χ0n) is 11.3. The van der Waals surface area contributed by atoms with E-state index in [4.69, 9.17) is 0 Å². The van der Waals surface area contributed by atoms with Gasteiger partial charge in [0.05, 0.1) is 11.6 Å². The third-order valence-electron chi connectivity index (χ3n) is 4.86. The molecule has 2 N–H and O–H groups in total. The molecule has 2 aromatic heterocycles. The van der Waals surface area contributed by atoms with E-state index in [0.717, 1.165) is 43.7 Å². The Morgan fingerprint density at radius 1 is 1.45 bits per heavy atom. The summed E-state index contributed by atoms with van der Waals surface area (Å²) in [4.78, 5) is 17.1. The number of imidazole rings is 1. The van der Waals surface area contributed by atoms with Gasteiger partial charge >= 0.3 is 0 Å². The van der Waals surface area contributed by atoms with Gasteiger partial charge in [-0.05, 0) is 37.9 Å². The molecular weight excluding hydrogens is 252 g/mol. The molecule has 0 bridgehead atoms. The maximum absolute atomic E-state index is 12.8. The number of carbonyl (C=O) groups is 1. The molecule has 5 nitrogen and oxygen atoms in total. The van der Waals surface area contributed by atoms with Gasteiger partial charge in [-0.1, -0.05) is 12.5 Å². The number of carbonyl (C=O) groups excluding carboxylic acids is 1. The average Bonchev–Trinajstić information content (AvgIpc) is 3.12. The fourth-order valence-electron chi connectivity index (χ4n) is 3.79. The Labute approximate surface area is 117 Å². The number of hydrogen-bond donors (Lipinski definition) is 2. The van der Waals surface area contributed by atoms with E-state index in [9.17, 15) is 4.79 Å². The van der Waals surface area contributed by atoms with Gasteiger partial charge in [-0.2, -0.15) is 0 Å². The van der Waals surface area contributed by atoms with Gasteiger partial charge in [-0.25, -0.2) is 4.98 Å². The van der Waals surface area contributed by atoms with Gasteiger partial charge in [0.25, 0.3) is 0 Å². The second-order valence-electron chi connectivity index (χ2n) is 5.83. The van der Waals surface area contributed by atoms with Crippen molar-refractivity contribution in [3.05, 3.63) is 30.6 Å². The van der Waals surface area contributed by atoms with Crippen LogP contribution in [-0.4, -0.2) is 27.9 Å². The molecule has 1 saturated carbocycles. The van der Waals surface area contributed by atoms with Crippen LogP contribution in [0.4, 0.5) is 5.82 Å². The lowest BCUT2D eigenvalue weighted by Crippen LogP contribution is -2.42. The van der Waals surface area contributed by atoms with Crippen molar-refractivity contribution in [2.45, 2.75) is 31.7 Å². The van der Waals surface area contributed by atoms with Crippen LogP contribution < -0.4 is 10.6 Å². The van der Waals surface area contributed by atoms with Crippen molar-refractivity contribution in [3.8, 4) is 0 Å². The molecule has 0 unspecified atom stereocenters.